The van der Waals surface area contributed by atoms with Gasteiger partial charge in [-0.3, -0.25) is 0 Å². The number of rotatable bonds is 8. The first-order chi connectivity index (χ1) is 11.4. The maximum absolute atomic E-state index is 12.0. The first kappa shape index (κ1) is 18.6. The van der Waals surface area contributed by atoms with Crippen LogP contribution in [0.4, 0.5) is 4.79 Å². The first-order valence-electron chi connectivity index (χ1n) is 8.70. The van der Waals surface area contributed by atoms with Crippen molar-refractivity contribution < 1.29 is 19.0 Å². The van der Waals surface area contributed by atoms with E-state index in [0.29, 0.717) is 13.0 Å². The van der Waals surface area contributed by atoms with E-state index in [0.717, 1.165) is 30.8 Å². The highest BCUT2D eigenvalue weighted by Gasteiger charge is 2.35. The molecule has 1 aliphatic heterocycles. The Morgan fingerprint density at radius 3 is 2.79 bits per heavy atom. The molecule has 1 heterocycles. The van der Waals surface area contributed by atoms with Crippen LogP contribution in [0, 0.1) is 0 Å². The third kappa shape index (κ3) is 6.79. The molecule has 5 nitrogen and oxygen atoms in total. The number of carbonyl (C=O) groups is 1. The molecule has 5 heteroatoms. The van der Waals surface area contributed by atoms with Crippen LogP contribution in [0.2, 0.25) is 0 Å². The molecular formula is C19H29NO4. The molecule has 134 valence electrons. The van der Waals surface area contributed by atoms with Crippen molar-refractivity contribution in [2.75, 3.05) is 13.2 Å². The fourth-order valence-corrected chi connectivity index (χ4v) is 2.37. The number of alkyl carbamates (subject to hydrolysis) is 1. The van der Waals surface area contributed by atoms with E-state index in [1.807, 2.05) is 45.0 Å². The van der Waals surface area contributed by atoms with Crippen LogP contribution in [0.1, 0.15) is 46.1 Å². The Balaban J connectivity index is 1.93. The van der Waals surface area contributed by atoms with Gasteiger partial charge in [0, 0.05) is 0 Å². The molecule has 2 atom stereocenters. The lowest BCUT2D eigenvalue weighted by atomic mass is 10.0. The fraction of sp³-hybridized carbons (Fsp3) is 0.632. The van der Waals surface area contributed by atoms with Gasteiger partial charge in [0.05, 0.1) is 19.3 Å². The molecule has 24 heavy (non-hydrogen) atoms. The zero-order valence-corrected chi connectivity index (χ0v) is 15.1. The molecule has 0 bridgehead atoms. The number of ether oxygens (including phenoxy) is 3. The zero-order chi connectivity index (χ0) is 17.6. The van der Waals surface area contributed by atoms with Crippen molar-refractivity contribution in [3.63, 3.8) is 0 Å². The third-order valence-electron chi connectivity index (χ3n) is 3.63. The van der Waals surface area contributed by atoms with E-state index < -0.39 is 11.7 Å². The Morgan fingerprint density at radius 1 is 1.42 bits per heavy atom. The Hall–Kier alpha value is -1.75. The molecule has 0 aliphatic carbocycles. The Bertz CT molecular complexity index is 534. The second-order valence-electron chi connectivity index (χ2n) is 7.18. The van der Waals surface area contributed by atoms with Gasteiger partial charge >= 0.3 is 6.09 Å². The van der Waals surface area contributed by atoms with Gasteiger partial charge in [0.1, 0.15) is 17.5 Å². The number of benzene rings is 1. The van der Waals surface area contributed by atoms with Gasteiger partial charge in [-0.1, -0.05) is 25.5 Å². The predicted molar refractivity (Wildman–Crippen MR) is 93.4 cm³/mol. The van der Waals surface area contributed by atoms with E-state index >= 15 is 0 Å². The van der Waals surface area contributed by atoms with Crippen LogP contribution in [0.5, 0.6) is 5.75 Å². The lowest BCUT2D eigenvalue weighted by Crippen LogP contribution is -2.43. The molecule has 1 aromatic carbocycles. The Labute approximate surface area is 144 Å². The molecule has 0 unspecified atom stereocenters. The summed E-state index contributed by atoms with van der Waals surface area (Å²) in [6, 6.07) is 7.92. The number of epoxide rings is 1. The van der Waals surface area contributed by atoms with Crippen LogP contribution in [0.15, 0.2) is 24.3 Å². The topological polar surface area (TPSA) is 60.1 Å². The van der Waals surface area contributed by atoms with Gasteiger partial charge in [-0.05, 0) is 51.3 Å². The first-order valence-corrected chi connectivity index (χ1v) is 8.70. The van der Waals surface area contributed by atoms with E-state index in [4.69, 9.17) is 14.2 Å². The molecule has 0 aromatic heterocycles. The molecule has 1 N–H and O–H groups in total. The van der Waals surface area contributed by atoms with E-state index in [-0.39, 0.29) is 12.1 Å². The Kier molecular flexibility index (Phi) is 6.49. The molecule has 1 amide bonds. The lowest BCUT2D eigenvalue weighted by Gasteiger charge is -2.23. The quantitative estimate of drug-likeness (QED) is 0.581. The van der Waals surface area contributed by atoms with Crippen LogP contribution in [-0.4, -0.2) is 37.1 Å². The van der Waals surface area contributed by atoms with E-state index in [1.165, 1.54) is 0 Å². The summed E-state index contributed by atoms with van der Waals surface area (Å²) < 4.78 is 16.5. The summed E-state index contributed by atoms with van der Waals surface area (Å²) >= 11 is 0. The summed E-state index contributed by atoms with van der Waals surface area (Å²) in [5.41, 5.74) is 0.604. The minimum atomic E-state index is -0.508. The highest BCUT2D eigenvalue weighted by molar-refractivity contribution is 5.68. The number of nitrogens with one attached hydrogen (secondary N) is 1. The number of carbonyl (C=O) groups excluding carboxylic acids is 1. The lowest BCUT2D eigenvalue weighted by molar-refractivity contribution is 0.0495. The fourth-order valence-electron chi connectivity index (χ4n) is 2.37. The molecule has 0 radical (unpaired) electrons. The zero-order valence-electron chi connectivity index (χ0n) is 15.1. The van der Waals surface area contributed by atoms with Crippen molar-refractivity contribution in [1.82, 2.24) is 5.32 Å². The average Bonchev–Trinajstić information content (AvgIpc) is 3.30. The van der Waals surface area contributed by atoms with Gasteiger partial charge in [-0.15, -0.1) is 0 Å². The summed E-state index contributed by atoms with van der Waals surface area (Å²) in [4.78, 5) is 12.0. The molecule has 1 aliphatic rings. The Morgan fingerprint density at radius 2 is 2.17 bits per heavy atom. The maximum Gasteiger partial charge on any atom is 0.407 e. The van der Waals surface area contributed by atoms with Crippen molar-refractivity contribution in [2.24, 2.45) is 0 Å². The van der Waals surface area contributed by atoms with Crippen LogP contribution in [-0.2, 0) is 15.9 Å². The van der Waals surface area contributed by atoms with E-state index in [9.17, 15) is 4.79 Å². The predicted octanol–water partition coefficient (Wildman–Crippen LogP) is 3.70. The van der Waals surface area contributed by atoms with Gasteiger partial charge in [-0.25, -0.2) is 4.79 Å². The SMILES string of the molecule is CCCCOc1cccc(C[C@@H](NC(=O)OC(C)(C)C)[C@H]2CO2)c1. The van der Waals surface area contributed by atoms with Crippen molar-refractivity contribution in [2.45, 2.75) is 64.7 Å². The molecule has 1 fully saturated rings. The van der Waals surface area contributed by atoms with E-state index in [1.54, 1.807) is 0 Å². The van der Waals surface area contributed by atoms with E-state index in [2.05, 4.69) is 12.2 Å². The second-order valence-corrected chi connectivity index (χ2v) is 7.18. The summed E-state index contributed by atoms with van der Waals surface area (Å²) in [6.45, 7) is 9.10. The van der Waals surface area contributed by atoms with Crippen molar-refractivity contribution >= 4 is 6.09 Å². The second kappa shape index (κ2) is 8.38. The summed E-state index contributed by atoms with van der Waals surface area (Å²) in [6.07, 6.45) is 2.50. The van der Waals surface area contributed by atoms with Crippen LogP contribution in [0.25, 0.3) is 0 Å². The van der Waals surface area contributed by atoms with Crippen molar-refractivity contribution in [3.05, 3.63) is 29.8 Å². The summed E-state index contributed by atoms with van der Waals surface area (Å²) in [5.74, 6) is 0.869. The standard InChI is InChI=1S/C19H29NO4/c1-5-6-10-22-15-9-7-8-14(11-15)12-16(17-13-23-17)20-18(21)24-19(2,3)4/h7-9,11,16-17H,5-6,10,12-13H2,1-4H3,(H,20,21)/t16-,17-/m1/s1. The summed E-state index contributed by atoms with van der Waals surface area (Å²) in [5, 5.41) is 2.93. The molecule has 0 spiro atoms. The number of unbranched alkanes of at least 4 members (excludes halogenated alkanes) is 1. The minimum Gasteiger partial charge on any atom is -0.494 e. The highest BCUT2D eigenvalue weighted by Crippen LogP contribution is 2.21. The van der Waals surface area contributed by atoms with Gasteiger partial charge in [0.15, 0.2) is 0 Å². The summed E-state index contributed by atoms with van der Waals surface area (Å²) in [7, 11) is 0. The molecule has 0 saturated carbocycles. The smallest absolute Gasteiger partial charge is 0.407 e. The molecule has 2 rings (SSSR count). The molecule has 1 saturated heterocycles. The third-order valence-corrected chi connectivity index (χ3v) is 3.63. The molecule has 1 aromatic rings. The highest BCUT2D eigenvalue weighted by atomic mass is 16.6. The monoisotopic (exact) mass is 335 g/mol. The van der Waals surface area contributed by atoms with Crippen LogP contribution in [0.3, 0.4) is 0 Å². The van der Waals surface area contributed by atoms with Gasteiger partial charge in [-0.2, -0.15) is 0 Å². The van der Waals surface area contributed by atoms with Gasteiger partial charge in [0.25, 0.3) is 0 Å². The van der Waals surface area contributed by atoms with Crippen molar-refractivity contribution in [1.29, 1.82) is 0 Å². The minimum absolute atomic E-state index is 0.0576. The van der Waals surface area contributed by atoms with Gasteiger partial charge in [0.2, 0.25) is 0 Å². The van der Waals surface area contributed by atoms with Gasteiger partial charge < -0.3 is 19.5 Å². The maximum atomic E-state index is 12.0. The molecular weight excluding hydrogens is 306 g/mol. The average molecular weight is 335 g/mol. The van der Waals surface area contributed by atoms with Crippen LogP contribution < -0.4 is 10.1 Å². The van der Waals surface area contributed by atoms with Crippen LogP contribution >= 0.6 is 0 Å². The van der Waals surface area contributed by atoms with Crippen molar-refractivity contribution in [3.8, 4) is 5.75 Å². The normalized spacial score (nSPS) is 17.9. The number of hydrogen-bond acceptors (Lipinski definition) is 4. The number of hydrogen-bond donors (Lipinski definition) is 1. The largest absolute Gasteiger partial charge is 0.494 e. The number of amides is 1.